The Kier molecular flexibility index (Phi) is 5.33. The lowest BCUT2D eigenvalue weighted by Gasteiger charge is -2.37. The molecule has 4 amide bonds. The summed E-state index contributed by atoms with van der Waals surface area (Å²) in [7, 11) is 0. The first-order chi connectivity index (χ1) is 15.3. The molecular formula is C22H19BrClFN4O3. The highest BCUT2D eigenvalue weighted by Gasteiger charge is 2.39. The van der Waals surface area contributed by atoms with Gasteiger partial charge in [-0.3, -0.25) is 9.59 Å². The van der Waals surface area contributed by atoms with Gasteiger partial charge < -0.3 is 20.4 Å². The number of benzene rings is 2. The molecule has 0 saturated carbocycles. The van der Waals surface area contributed by atoms with E-state index in [4.69, 9.17) is 11.6 Å². The summed E-state index contributed by atoms with van der Waals surface area (Å²) in [6.45, 7) is 1.21. The van der Waals surface area contributed by atoms with Crippen LogP contribution in [0.1, 0.15) is 40.4 Å². The van der Waals surface area contributed by atoms with Crippen LogP contribution >= 0.6 is 27.5 Å². The van der Waals surface area contributed by atoms with Gasteiger partial charge in [0.2, 0.25) is 5.91 Å². The maximum Gasteiger partial charge on any atom is 0.322 e. The zero-order valence-corrected chi connectivity index (χ0v) is 19.2. The van der Waals surface area contributed by atoms with Gasteiger partial charge in [0.1, 0.15) is 12.4 Å². The van der Waals surface area contributed by atoms with Crippen molar-refractivity contribution >= 4 is 51.1 Å². The molecule has 5 rings (SSSR count). The third kappa shape index (κ3) is 3.63. The minimum atomic E-state index is -0.725. The van der Waals surface area contributed by atoms with E-state index >= 15 is 0 Å². The van der Waals surface area contributed by atoms with Crippen LogP contribution in [0.5, 0.6) is 0 Å². The lowest BCUT2D eigenvalue weighted by atomic mass is 9.96. The first-order valence-corrected chi connectivity index (χ1v) is 11.4. The Morgan fingerprint density at radius 1 is 1.25 bits per heavy atom. The van der Waals surface area contributed by atoms with Gasteiger partial charge in [0.25, 0.3) is 5.91 Å². The maximum absolute atomic E-state index is 13.9. The van der Waals surface area contributed by atoms with E-state index in [0.29, 0.717) is 38.4 Å². The normalized spacial score (nSPS) is 22.0. The predicted molar refractivity (Wildman–Crippen MR) is 120 cm³/mol. The number of piperazine rings is 1. The number of fused-ring (bicyclic) bond motifs is 2. The number of amides is 4. The fourth-order valence-electron chi connectivity index (χ4n) is 4.75. The number of hydrogen-bond acceptors (Lipinski definition) is 3. The zero-order chi connectivity index (χ0) is 22.6. The van der Waals surface area contributed by atoms with Gasteiger partial charge in [-0.1, -0.05) is 27.5 Å². The molecule has 7 nitrogen and oxygen atoms in total. The number of carbonyl (C=O) groups is 3. The summed E-state index contributed by atoms with van der Waals surface area (Å²) >= 11 is 9.69. The van der Waals surface area contributed by atoms with E-state index in [1.54, 1.807) is 12.1 Å². The highest BCUT2D eigenvalue weighted by Crippen LogP contribution is 2.41. The van der Waals surface area contributed by atoms with Crippen LogP contribution in [0, 0.1) is 5.82 Å². The molecule has 0 radical (unpaired) electrons. The summed E-state index contributed by atoms with van der Waals surface area (Å²) in [6, 6.07) is 6.17. The monoisotopic (exact) mass is 520 g/mol. The molecule has 2 aromatic rings. The highest BCUT2D eigenvalue weighted by molar-refractivity contribution is 9.10. The number of halogens is 3. The summed E-state index contributed by atoms with van der Waals surface area (Å²) < 4.78 is 14.5. The lowest BCUT2D eigenvalue weighted by Crippen LogP contribution is -2.56. The fourth-order valence-corrected chi connectivity index (χ4v) is 5.43. The van der Waals surface area contributed by atoms with Crippen molar-refractivity contribution in [3.05, 3.63) is 62.3 Å². The van der Waals surface area contributed by atoms with Gasteiger partial charge in [0.15, 0.2) is 0 Å². The molecular weight excluding hydrogens is 503 g/mol. The van der Waals surface area contributed by atoms with Crippen LogP contribution in [0.4, 0.5) is 14.9 Å². The van der Waals surface area contributed by atoms with E-state index in [9.17, 15) is 18.8 Å². The van der Waals surface area contributed by atoms with Gasteiger partial charge in [0.05, 0.1) is 6.04 Å². The molecule has 2 saturated heterocycles. The molecule has 2 atom stereocenters. The molecule has 3 aliphatic rings. The van der Waals surface area contributed by atoms with Crippen molar-refractivity contribution in [1.29, 1.82) is 0 Å². The molecule has 2 N–H and O–H groups in total. The van der Waals surface area contributed by atoms with Gasteiger partial charge in [-0.15, -0.1) is 0 Å². The minimum Gasteiger partial charge on any atom is -0.341 e. The van der Waals surface area contributed by atoms with Crippen molar-refractivity contribution in [2.24, 2.45) is 0 Å². The maximum atomic E-state index is 13.9. The van der Waals surface area contributed by atoms with Crippen LogP contribution in [0.2, 0.25) is 5.02 Å². The van der Waals surface area contributed by atoms with Crippen LogP contribution < -0.4 is 10.6 Å². The lowest BCUT2D eigenvalue weighted by molar-refractivity contribution is -0.136. The Hall–Kier alpha value is -2.65. The Morgan fingerprint density at radius 2 is 2.06 bits per heavy atom. The molecule has 2 unspecified atom stereocenters. The van der Waals surface area contributed by atoms with Crippen LogP contribution in [0.25, 0.3) is 0 Å². The summed E-state index contributed by atoms with van der Waals surface area (Å²) in [4.78, 5) is 41.5. The Bertz CT molecular complexity index is 1160. The summed E-state index contributed by atoms with van der Waals surface area (Å²) in [6.07, 6.45) is 1.81. The second-order valence-corrected chi connectivity index (χ2v) is 9.50. The van der Waals surface area contributed by atoms with Crippen molar-refractivity contribution in [1.82, 2.24) is 15.1 Å². The second-order valence-electron chi connectivity index (χ2n) is 8.18. The van der Waals surface area contributed by atoms with Crippen molar-refractivity contribution in [2.45, 2.75) is 24.9 Å². The molecule has 0 spiro atoms. The molecule has 3 heterocycles. The Labute approximate surface area is 197 Å². The van der Waals surface area contributed by atoms with Crippen molar-refractivity contribution in [2.75, 3.05) is 25.0 Å². The summed E-state index contributed by atoms with van der Waals surface area (Å²) in [5.41, 5.74) is 1.65. The molecule has 166 valence electrons. The third-order valence-corrected chi connectivity index (χ3v) is 7.01. The minimum absolute atomic E-state index is 0.00879. The van der Waals surface area contributed by atoms with E-state index in [1.807, 2.05) is 4.90 Å². The van der Waals surface area contributed by atoms with Gasteiger partial charge in [-0.2, -0.15) is 0 Å². The summed E-state index contributed by atoms with van der Waals surface area (Å²) in [5, 5.41) is 5.99. The predicted octanol–water partition coefficient (Wildman–Crippen LogP) is 3.91. The number of nitrogens with zero attached hydrogens (tertiary/aromatic N) is 2. The van der Waals surface area contributed by atoms with Crippen molar-refractivity contribution in [3.63, 3.8) is 0 Å². The largest absolute Gasteiger partial charge is 0.341 e. The number of carbonyl (C=O) groups excluding carboxylic acids is 3. The van der Waals surface area contributed by atoms with Crippen LogP contribution in [-0.2, 0) is 4.79 Å². The molecule has 2 aromatic carbocycles. The van der Waals surface area contributed by atoms with E-state index in [-0.39, 0.29) is 24.4 Å². The average Bonchev–Trinajstić information content (AvgIpc) is 3.35. The van der Waals surface area contributed by atoms with E-state index in [1.165, 1.54) is 23.1 Å². The fraction of sp³-hybridized carbons (Fsp3) is 0.318. The van der Waals surface area contributed by atoms with E-state index < -0.39 is 17.9 Å². The van der Waals surface area contributed by atoms with Crippen LogP contribution in [0.3, 0.4) is 0 Å². The van der Waals surface area contributed by atoms with Gasteiger partial charge in [0, 0.05) is 51.0 Å². The van der Waals surface area contributed by atoms with Crippen molar-refractivity contribution in [3.8, 4) is 0 Å². The Balaban J connectivity index is 1.48. The topological polar surface area (TPSA) is 81.8 Å². The first kappa shape index (κ1) is 21.2. The molecule has 0 bridgehead atoms. The quantitative estimate of drug-likeness (QED) is 0.629. The highest BCUT2D eigenvalue weighted by atomic mass is 79.9. The molecule has 3 aliphatic heterocycles. The molecule has 0 aromatic heterocycles. The third-order valence-electron chi connectivity index (χ3n) is 6.21. The van der Waals surface area contributed by atoms with E-state index in [0.717, 1.165) is 19.4 Å². The smallest absolute Gasteiger partial charge is 0.322 e. The molecule has 32 heavy (non-hydrogen) atoms. The van der Waals surface area contributed by atoms with Crippen LogP contribution in [-0.4, -0.2) is 53.3 Å². The number of rotatable bonds is 2. The zero-order valence-electron chi connectivity index (χ0n) is 16.8. The average molecular weight is 522 g/mol. The van der Waals surface area contributed by atoms with E-state index in [2.05, 4.69) is 26.6 Å². The molecule has 0 aliphatic carbocycles. The Morgan fingerprint density at radius 3 is 2.88 bits per heavy atom. The number of nitrogens with one attached hydrogen (secondary N) is 2. The standard InChI is InChI=1S/C22H19BrClFN4O3/c23-11-6-15-19(20(27-21(15)31)14-8-12(25)3-4-16(14)24)17(7-11)26-22(32)28-9-13-2-1-5-29(13)18(30)10-28/h3-4,6-8,13,20H,1-2,5,9-10H2,(H,26,32)(H,27,31). The van der Waals surface area contributed by atoms with Gasteiger partial charge >= 0.3 is 6.03 Å². The van der Waals surface area contributed by atoms with Crippen LogP contribution in [0.15, 0.2) is 34.8 Å². The van der Waals surface area contributed by atoms with Gasteiger partial charge in [-0.25, -0.2) is 9.18 Å². The van der Waals surface area contributed by atoms with Gasteiger partial charge in [-0.05, 0) is 43.2 Å². The first-order valence-electron chi connectivity index (χ1n) is 10.3. The number of hydrogen-bond donors (Lipinski definition) is 2. The SMILES string of the molecule is O=C1NC(c2cc(F)ccc2Cl)c2c(NC(=O)N3CC(=O)N4CCCC4C3)cc(Br)cc21. The molecule has 2 fully saturated rings. The van der Waals surface area contributed by atoms with Crippen molar-refractivity contribution < 1.29 is 18.8 Å². The second kappa shape index (κ2) is 8.04. The number of urea groups is 1. The summed E-state index contributed by atoms with van der Waals surface area (Å²) in [5.74, 6) is -0.894. The number of anilines is 1. The molecule has 10 heteroatoms.